The van der Waals surface area contributed by atoms with Gasteiger partial charge in [-0.1, -0.05) is 18.2 Å². The van der Waals surface area contributed by atoms with Crippen molar-refractivity contribution in [3.8, 4) is 0 Å². The molecule has 66 valence electrons. The molecule has 1 atom stereocenters. The van der Waals surface area contributed by atoms with E-state index in [1.54, 1.807) is 6.34 Å². The number of hydrogen-bond donors (Lipinski definition) is 1. The molecule has 0 spiro atoms. The minimum Gasteiger partial charge on any atom is -0.813 e. The van der Waals surface area contributed by atoms with Crippen LogP contribution in [0.15, 0.2) is 34.3 Å². The van der Waals surface area contributed by atoms with Crippen LogP contribution >= 0.6 is 0 Å². The van der Waals surface area contributed by atoms with Crippen molar-refractivity contribution >= 4 is 25.5 Å². The van der Waals surface area contributed by atoms with Gasteiger partial charge in [-0.25, -0.2) is 4.99 Å². The molecule has 1 aliphatic heterocycles. The summed E-state index contributed by atoms with van der Waals surface area (Å²) in [4.78, 5) is 8.14. The average molecular weight is 206 g/mol. The Balaban J connectivity index is 0. The molecule has 1 N–H and O–H groups in total. The Morgan fingerprint density at radius 2 is 2.00 bits per heavy atom. The summed E-state index contributed by atoms with van der Waals surface area (Å²) in [6.45, 7) is 0. The van der Waals surface area contributed by atoms with Gasteiger partial charge in [-0.2, -0.15) is 0 Å². The SMILES string of the molecule is C1=CC2=NC=NC2C=C1.CO.[Na+].[SH-]. The molecule has 0 fully saturated rings. The normalized spacial score (nSPS) is 20.2. The minimum atomic E-state index is 0. The number of allylic oxidation sites excluding steroid dienone is 2. The summed E-state index contributed by atoms with van der Waals surface area (Å²) >= 11 is 0. The zero-order valence-electron chi connectivity index (χ0n) is 7.75. The number of fused-ring (bicyclic) bond motifs is 1. The first-order valence-corrected chi connectivity index (χ1v) is 3.36. The zero-order valence-corrected chi connectivity index (χ0v) is 10.6. The topological polar surface area (TPSA) is 45.0 Å². The molecule has 0 bridgehead atoms. The molecular formula is C8H11N2NaOS. The summed E-state index contributed by atoms with van der Waals surface area (Å²) < 4.78 is 0. The van der Waals surface area contributed by atoms with Crippen LogP contribution in [0.25, 0.3) is 0 Å². The molecule has 0 amide bonds. The van der Waals surface area contributed by atoms with Crippen LogP contribution in [0.1, 0.15) is 0 Å². The number of rotatable bonds is 0. The second-order valence-electron chi connectivity index (χ2n) is 2.01. The molecule has 13 heavy (non-hydrogen) atoms. The molecule has 1 heterocycles. The van der Waals surface area contributed by atoms with E-state index in [-0.39, 0.29) is 49.1 Å². The quantitative estimate of drug-likeness (QED) is 0.266. The van der Waals surface area contributed by atoms with Crippen molar-refractivity contribution in [1.82, 2.24) is 0 Å². The standard InChI is InChI=1S/C7H6N2.CH4O.Na.H2S/c1-2-4-7-6(3-1)8-5-9-7;1-2;;/h1-6H;2H,1H3;;1H2/q;;+1;/p-1. The Labute approximate surface area is 107 Å². The van der Waals surface area contributed by atoms with Crippen molar-refractivity contribution in [2.75, 3.05) is 7.11 Å². The number of aliphatic hydroxyl groups is 1. The van der Waals surface area contributed by atoms with Gasteiger partial charge in [0.05, 0.1) is 5.71 Å². The van der Waals surface area contributed by atoms with Crippen LogP contribution in [-0.4, -0.2) is 30.3 Å². The second-order valence-corrected chi connectivity index (χ2v) is 2.01. The van der Waals surface area contributed by atoms with Crippen LogP contribution in [0.5, 0.6) is 0 Å². The van der Waals surface area contributed by atoms with E-state index >= 15 is 0 Å². The van der Waals surface area contributed by atoms with Crippen LogP contribution in [-0.2, 0) is 13.5 Å². The maximum atomic E-state index is 7.00. The van der Waals surface area contributed by atoms with Crippen molar-refractivity contribution < 1.29 is 34.7 Å². The third kappa shape index (κ3) is 4.24. The monoisotopic (exact) mass is 206 g/mol. The summed E-state index contributed by atoms with van der Waals surface area (Å²) in [6.07, 6.45) is 9.59. The molecule has 0 aromatic carbocycles. The van der Waals surface area contributed by atoms with Gasteiger partial charge < -0.3 is 18.6 Å². The van der Waals surface area contributed by atoms with Crippen LogP contribution < -0.4 is 29.6 Å². The summed E-state index contributed by atoms with van der Waals surface area (Å²) in [7, 11) is 1.00. The third-order valence-electron chi connectivity index (χ3n) is 1.41. The average Bonchev–Trinajstić information content (AvgIpc) is 2.55. The fourth-order valence-corrected chi connectivity index (χ4v) is 0.938. The molecule has 0 radical (unpaired) electrons. The predicted molar refractivity (Wildman–Crippen MR) is 54.9 cm³/mol. The van der Waals surface area contributed by atoms with E-state index in [9.17, 15) is 0 Å². The molecule has 5 heteroatoms. The Kier molecular flexibility index (Phi) is 10.5. The van der Waals surface area contributed by atoms with E-state index < -0.39 is 0 Å². The van der Waals surface area contributed by atoms with Gasteiger partial charge in [0.15, 0.2) is 0 Å². The van der Waals surface area contributed by atoms with Gasteiger partial charge in [0, 0.05) is 7.11 Å². The van der Waals surface area contributed by atoms with Crippen LogP contribution in [0.3, 0.4) is 0 Å². The van der Waals surface area contributed by atoms with Gasteiger partial charge in [-0.3, -0.25) is 4.99 Å². The summed E-state index contributed by atoms with van der Waals surface area (Å²) in [6, 6.07) is 0.218. The minimum absolute atomic E-state index is 0. The fraction of sp³-hybridized carbons (Fsp3) is 0.250. The number of thiol groups is 1. The van der Waals surface area contributed by atoms with E-state index in [1.165, 1.54) is 0 Å². The van der Waals surface area contributed by atoms with E-state index in [0.29, 0.717) is 0 Å². The summed E-state index contributed by atoms with van der Waals surface area (Å²) in [5.41, 5.74) is 1.05. The number of aliphatic imine (C=N–C) groups is 2. The number of aliphatic hydroxyl groups excluding tert-OH is 1. The van der Waals surface area contributed by atoms with Gasteiger partial charge >= 0.3 is 29.6 Å². The van der Waals surface area contributed by atoms with Crippen molar-refractivity contribution in [3.05, 3.63) is 24.3 Å². The smallest absolute Gasteiger partial charge is 0.813 e. The van der Waals surface area contributed by atoms with Crippen molar-refractivity contribution in [2.45, 2.75) is 6.04 Å². The van der Waals surface area contributed by atoms with E-state index in [0.717, 1.165) is 12.8 Å². The first kappa shape index (κ1) is 15.6. The first-order chi connectivity index (χ1) is 5.47. The molecule has 0 saturated heterocycles. The Morgan fingerprint density at radius 1 is 1.31 bits per heavy atom. The van der Waals surface area contributed by atoms with Crippen molar-refractivity contribution in [2.24, 2.45) is 9.98 Å². The van der Waals surface area contributed by atoms with Crippen LogP contribution in [0.2, 0.25) is 0 Å². The predicted octanol–water partition coefficient (Wildman–Crippen LogP) is -2.69. The van der Waals surface area contributed by atoms with Crippen molar-refractivity contribution in [3.63, 3.8) is 0 Å². The molecular weight excluding hydrogens is 195 g/mol. The Bertz CT molecular complexity index is 249. The maximum absolute atomic E-state index is 7.00. The Morgan fingerprint density at radius 3 is 2.62 bits per heavy atom. The van der Waals surface area contributed by atoms with Gasteiger partial charge in [-0.05, 0) is 6.08 Å². The maximum Gasteiger partial charge on any atom is 1.00 e. The molecule has 2 aliphatic rings. The molecule has 0 aromatic heterocycles. The summed E-state index contributed by atoms with van der Waals surface area (Å²) in [5.74, 6) is 0. The summed E-state index contributed by atoms with van der Waals surface area (Å²) in [5, 5.41) is 7.00. The zero-order chi connectivity index (χ0) is 8.10. The molecule has 3 nitrogen and oxygen atoms in total. The van der Waals surface area contributed by atoms with Gasteiger partial charge in [0.2, 0.25) is 0 Å². The molecule has 0 aromatic rings. The van der Waals surface area contributed by atoms with Crippen LogP contribution in [0, 0.1) is 0 Å². The first-order valence-electron chi connectivity index (χ1n) is 3.36. The third-order valence-corrected chi connectivity index (χ3v) is 1.41. The number of hydrogen-bond acceptors (Lipinski definition) is 4. The Hall–Kier alpha value is 0.130. The molecule has 1 aliphatic carbocycles. The van der Waals surface area contributed by atoms with Crippen LogP contribution in [0.4, 0.5) is 0 Å². The van der Waals surface area contributed by atoms with Crippen molar-refractivity contribution in [1.29, 1.82) is 0 Å². The van der Waals surface area contributed by atoms with E-state index in [4.69, 9.17) is 5.11 Å². The van der Waals surface area contributed by atoms with Gasteiger partial charge in [0.25, 0.3) is 0 Å². The molecule has 0 saturated carbocycles. The van der Waals surface area contributed by atoms with Gasteiger partial charge in [-0.15, -0.1) is 0 Å². The van der Waals surface area contributed by atoms with E-state index in [2.05, 4.69) is 9.98 Å². The van der Waals surface area contributed by atoms with E-state index in [1.807, 2.05) is 24.3 Å². The number of nitrogens with zero attached hydrogens (tertiary/aromatic N) is 2. The largest absolute Gasteiger partial charge is 1.00 e. The second kappa shape index (κ2) is 8.72. The van der Waals surface area contributed by atoms with Gasteiger partial charge in [0.1, 0.15) is 12.4 Å². The molecule has 1 unspecified atom stereocenters. The molecule has 2 rings (SSSR count). The fourth-order valence-electron chi connectivity index (χ4n) is 0.938.